The quantitative estimate of drug-likeness (QED) is 0.296. The molecule has 34 heavy (non-hydrogen) atoms. The maximum atomic E-state index is 4.85. The van der Waals surface area contributed by atoms with Gasteiger partial charge >= 0.3 is 0 Å². The van der Waals surface area contributed by atoms with E-state index in [1.165, 1.54) is 0 Å². The van der Waals surface area contributed by atoms with Gasteiger partial charge in [0, 0.05) is 33.8 Å². The number of pyridine rings is 1. The van der Waals surface area contributed by atoms with E-state index in [1.807, 2.05) is 97.2 Å². The molecule has 0 spiro atoms. The summed E-state index contributed by atoms with van der Waals surface area (Å²) in [5.41, 5.74) is 4.80. The van der Waals surface area contributed by atoms with Crippen molar-refractivity contribution in [3.8, 4) is 45.4 Å². The Hall–Kier alpha value is -4.70. The number of aromatic nitrogens is 4. The third kappa shape index (κ3) is 3.82. The minimum atomic E-state index is 0.634. The van der Waals surface area contributed by atoms with E-state index < -0.39 is 0 Å². The van der Waals surface area contributed by atoms with Gasteiger partial charge in [-0.1, -0.05) is 103 Å². The van der Waals surface area contributed by atoms with E-state index in [0.717, 1.165) is 38.7 Å². The fraction of sp³-hybridized carbons (Fsp3) is 0. The molecule has 0 radical (unpaired) electrons. The summed E-state index contributed by atoms with van der Waals surface area (Å²) in [6.45, 7) is 0. The van der Waals surface area contributed by atoms with Crippen molar-refractivity contribution in [2.75, 3.05) is 0 Å². The molecule has 0 aliphatic rings. The molecule has 6 rings (SSSR count). The number of hydrogen-bond acceptors (Lipinski definition) is 4. The molecule has 4 nitrogen and oxygen atoms in total. The van der Waals surface area contributed by atoms with Gasteiger partial charge in [0.2, 0.25) is 0 Å². The van der Waals surface area contributed by atoms with Crippen LogP contribution in [0.25, 0.3) is 56.2 Å². The Morgan fingerprint density at radius 2 is 0.941 bits per heavy atom. The zero-order chi connectivity index (χ0) is 22.7. The predicted octanol–water partition coefficient (Wildman–Crippen LogP) is 7.09. The molecule has 0 atom stereocenters. The summed E-state index contributed by atoms with van der Waals surface area (Å²) in [6, 6.07) is 38.6. The Labute approximate surface area is 197 Å². The highest BCUT2D eigenvalue weighted by Gasteiger charge is 2.13. The second-order valence-electron chi connectivity index (χ2n) is 8.00. The summed E-state index contributed by atoms with van der Waals surface area (Å²) in [6.07, 6.45) is 1.86. The number of rotatable bonds is 4. The minimum absolute atomic E-state index is 0.634. The van der Waals surface area contributed by atoms with Gasteiger partial charge < -0.3 is 0 Å². The van der Waals surface area contributed by atoms with Crippen molar-refractivity contribution in [3.05, 3.63) is 121 Å². The van der Waals surface area contributed by atoms with Crippen molar-refractivity contribution >= 4 is 10.8 Å². The number of benzene rings is 4. The highest BCUT2D eigenvalue weighted by Crippen LogP contribution is 2.30. The first-order valence-electron chi connectivity index (χ1n) is 11.2. The molecular weight excluding hydrogens is 416 g/mol. The smallest absolute Gasteiger partial charge is 0.164 e. The standard InChI is InChI=1S/C30H20N4/c1-3-11-22(12-4-1)28-32-29(23-13-5-2-6-14-23)34-30(33-28)25-16-9-15-24(20-25)27-26-17-8-7-10-21(26)18-19-31-27/h1-20H. The van der Waals surface area contributed by atoms with Crippen LogP contribution in [0, 0.1) is 0 Å². The molecule has 0 amide bonds. The van der Waals surface area contributed by atoms with Crippen LogP contribution in [-0.4, -0.2) is 19.9 Å². The van der Waals surface area contributed by atoms with Gasteiger partial charge in [0.1, 0.15) is 0 Å². The zero-order valence-corrected chi connectivity index (χ0v) is 18.3. The molecule has 6 aromatic rings. The summed E-state index contributed by atoms with van der Waals surface area (Å²) < 4.78 is 0. The summed E-state index contributed by atoms with van der Waals surface area (Å²) in [5.74, 6) is 1.94. The topological polar surface area (TPSA) is 51.6 Å². The maximum Gasteiger partial charge on any atom is 0.164 e. The molecule has 0 saturated carbocycles. The van der Waals surface area contributed by atoms with Crippen molar-refractivity contribution in [3.63, 3.8) is 0 Å². The van der Waals surface area contributed by atoms with E-state index in [1.54, 1.807) is 0 Å². The first-order valence-corrected chi connectivity index (χ1v) is 11.2. The van der Waals surface area contributed by atoms with Crippen molar-refractivity contribution in [1.29, 1.82) is 0 Å². The summed E-state index contributed by atoms with van der Waals surface area (Å²) in [7, 11) is 0. The Kier molecular flexibility index (Phi) is 5.09. The molecule has 0 fully saturated rings. The Bertz CT molecular complexity index is 1530. The average molecular weight is 437 g/mol. The van der Waals surface area contributed by atoms with Crippen molar-refractivity contribution in [2.24, 2.45) is 0 Å². The molecule has 160 valence electrons. The van der Waals surface area contributed by atoms with Crippen molar-refractivity contribution in [2.45, 2.75) is 0 Å². The molecule has 0 unspecified atom stereocenters. The molecule has 0 saturated heterocycles. The highest BCUT2D eigenvalue weighted by atomic mass is 15.0. The molecule has 2 heterocycles. The monoisotopic (exact) mass is 436 g/mol. The van der Waals surface area contributed by atoms with Crippen LogP contribution in [-0.2, 0) is 0 Å². The molecule has 0 N–H and O–H groups in total. The largest absolute Gasteiger partial charge is 0.256 e. The lowest BCUT2D eigenvalue weighted by Crippen LogP contribution is -2.00. The van der Waals surface area contributed by atoms with Crippen LogP contribution in [0.5, 0.6) is 0 Å². The van der Waals surface area contributed by atoms with Crippen LogP contribution in [0.1, 0.15) is 0 Å². The van der Waals surface area contributed by atoms with Gasteiger partial charge in [0.25, 0.3) is 0 Å². The van der Waals surface area contributed by atoms with E-state index in [9.17, 15) is 0 Å². The fourth-order valence-electron chi connectivity index (χ4n) is 4.09. The third-order valence-electron chi connectivity index (χ3n) is 5.77. The van der Waals surface area contributed by atoms with Crippen LogP contribution in [0.2, 0.25) is 0 Å². The van der Waals surface area contributed by atoms with E-state index in [4.69, 9.17) is 15.0 Å². The van der Waals surface area contributed by atoms with Crippen molar-refractivity contribution in [1.82, 2.24) is 19.9 Å². The second-order valence-corrected chi connectivity index (χ2v) is 8.00. The van der Waals surface area contributed by atoms with Crippen LogP contribution in [0.15, 0.2) is 121 Å². The van der Waals surface area contributed by atoms with E-state index in [-0.39, 0.29) is 0 Å². The van der Waals surface area contributed by atoms with E-state index in [0.29, 0.717) is 17.5 Å². The number of hydrogen-bond donors (Lipinski definition) is 0. The van der Waals surface area contributed by atoms with Crippen molar-refractivity contribution < 1.29 is 0 Å². The minimum Gasteiger partial charge on any atom is -0.256 e. The van der Waals surface area contributed by atoms with E-state index >= 15 is 0 Å². The van der Waals surface area contributed by atoms with Gasteiger partial charge in [-0.3, -0.25) is 4.98 Å². The van der Waals surface area contributed by atoms with Crippen LogP contribution >= 0.6 is 0 Å². The molecule has 0 aliphatic heterocycles. The van der Waals surface area contributed by atoms with Gasteiger partial charge in [-0.25, -0.2) is 15.0 Å². The van der Waals surface area contributed by atoms with Crippen LogP contribution < -0.4 is 0 Å². The molecule has 4 aromatic carbocycles. The molecule has 0 bridgehead atoms. The first-order chi connectivity index (χ1) is 16.8. The average Bonchev–Trinajstić information content (AvgIpc) is 2.93. The Morgan fingerprint density at radius 3 is 1.62 bits per heavy atom. The van der Waals surface area contributed by atoms with Gasteiger partial charge in [-0.15, -0.1) is 0 Å². The zero-order valence-electron chi connectivity index (χ0n) is 18.3. The van der Waals surface area contributed by atoms with Gasteiger partial charge in [0.15, 0.2) is 17.5 Å². The molecule has 2 aromatic heterocycles. The predicted molar refractivity (Wildman–Crippen MR) is 137 cm³/mol. The second kappa shape index (κ2) is 8.68. The Balaban J connectivity index is 1.52. The van der Waals surface area contributed by atoms with Gasteiger partial charge in [0.05, 0.1) is 5.69 Å². The highest BCUT2D eigenvalue weighted by molar-refractivity contribution is 5.94. The normalized spacial score (nSPS) is 10.9. The fourth-order valence-corrected chi connectivity index (χ4v) is 4.09. The SMILES string of the molecule is c1ccc(-c2nc(-c3ccccc3)nc(-c3cccc(-c4nccc5ccccc45)c3)n2)cc1. The van der Waals surface area contributed by atoms with E-state index in [2.05, 4.69) is 29.2 Å². The number of fused-ring (bicyclic) bond motifs is 1. The molecule has 4 heteroatoms. The molecule has 0 aliphatic carbocycles. The first kappa shape index (κ1) is 19.9. The maximum absolute atomic E-state index is 4.85. The van der Waals surface area contributed by atoms with Gasteiger partial charge in [-0.05, 0) is 17.5 Å². The summed E-state index contributed by atoms with van der Waals surface area (Å²) >= 11 is 0. The lowest BCUT2D eigenvalue weighted by Gasteiger charge is -2.10. The summed E-state index contributed by atoms with van der Waals surface area (Å²) in [5, 5.41) is 2.28. The lowest BCUT2D eigenvalue weighted by molar-refractivity contribution is 1.07. The van der Waals surface area contributed by atoms with Crippen LogP contribution in [0.3, 0.4) is 0 Å². The van der Waals surface area contributed by atoms with Gasteiger partial charge in [-0.2, -0.15) is 0 Å². The number of nitrogens with zero attached hydrogens (tertiary/aromatic N) is 4. The third-order valence-corrected chi connectivity index (χ3v) is 5.77. The molecular formula is C30H20N4. The Morgan fingerprint density at radius 1 is 0.412 bits per heavy atom. The summed E-state index contributed by atoms with van der Waals surface area (Å²) in [4.78, 5) is 19.2. The lowest BCUT2D eigenvalue weighted by atomic mass is 10.0. The van der Waals surface area contributed by atoms with Crippen LogP contribution in [0.4, 0.5) is 0 Å².